The maximum absolute atomic E-state index is 13.3. The molecule has 2 atom stereocenters. The van der Waals surface area contributed by atoms with Crippen molar-refractivity contribution in [2.45, 2.75) is 103 Å². The molecule has 1 saturated heterocycles. The van der Waals surface area contributed by atoms with Gasteiger partial charge >= 0.3 is 5.97 Å². The highest BCUT2D eigenvalue weighted by Gasteiger charge is 2.39. The van der Waals surface area contributed by atoms with Crippen molar-refractivity contribution in [3.63, 3.8) is 0 Å². The van der Waals surface area contributed by atoms with Crippen LogP contribution in [0.5, 0.6) is 11.5 Å². The van der Waals surface area contributed by atoms with Gasteiger partial charge in [-0.2, -0.15) is 0 Å². The molecular formula is C38H49FN2O3. The molecule has 5 rings (SSSR count). The van der Waals surface area contributed by atoms with Crippen LogP contribution >= 0.6 is 0 Å². The molecule has 0 N–H and O–H groups in total. The predicted molar refractivity (Wildman–Crippen MR) is 175 cm³/mol. The van der Waals surface area contributed by atoms with Crippen molar-refractivity contribution >= 4 is 11.5 Å². The Morgan fingerprint density at radius 3 is 2.73 bits per heavy atom. The summed E-state index contributed by atoms with van der Waals surface area (Å²) in [4.78, 5) is 18.1. The minimum absolute atomic E-state index is 0.193. The molecule has 3 aliphatic heterocycles. The number of terminal acetylenes is 1. The number of carbonyl (C=O) groups is 1. The van der Waals surface area contributed by atoms with Crippen LogP contribution in [0.1, 0.15) is 102 Å². The molecular weight excluding hydrogens is 551 g/mol. The van der Waals surface area contributed by atoms with Crippen LogP contribution in [-0.4, -0.2) is 60.1 Å². The first-order valence-electron chi connectivity index (χ1n) is 16.6. The van der Waals surface area contributed by atoms with E-state index in [1.165, 1.54) is 42.5 Å². The SMILES string of the molecule is C#CCN1CCC2=C(C1)c1c(OC(=O)CCCN3CCCCC3C)cc(C(C)CCCc3ccc(F)cc3)cc1OC2(C)C. The highest BCUT2D eigenvalue weighted by Crippen LogP contribution is 2.49. The van der Waals surface area contributed by atoms with Gasteiger partial charge in [0.1, 0.15) is 22.9 Å². The van der Waals surface area contributed by atoms with Gasteiger partial charge in [-0.3, -0.25) is 9.69 Å². The molecule has 3 heterocycles. The topological polar surface area (TPSA) is 42.0 Å². The molecule has 0 amide bonds. The highest BCUT2D eigenvalue weighted by molar-refractivity contribution is 5.85. The van der Waals surface area contributed by atoms with Crippen molar-refractivity contribution < 1.29 is 18.7 Å². The smallest absolute Gasteiger partial charge is 0.311 e. The Hall–Kier alpha value is -3.14. The number of rotatable bonds is 11. The fraction of sp³-hybridized carbons (Fsp3) is 0.553. The molecule has 2 unspecified atom stereocenters. The van der Waals surface area contributed by atoms with Gasteiger partial charge in [-0.25, -0.2) is 4.39 Å². The Labute approximate surface area is 263 Å². The van der Waals surface area contributed by atoms with Crippen LogP contribution in [0.25, 0.3) is 5.57 Å². The summed E-state index contributed by atoms with van der Waals surface area (Å²) in [6, 6.07) is 11.6. The third-order valence-electron chi connectivity index (χ3n) is 9.80. The second-order valence-corrected chi connectivity index (χ2v) is 13.5. The van der Waals surface area contributed by atoms with Gasteiger partial charge in [0, 0.05) is 25.6 Å². The number of piperidine rings is 1. The van der Waals surface area contributed by atoms with Crippen molar-refractivity contribution in [3.8, 4) is 23.8 Å². The molecule has 6 heteroatoms. The molecule has 0 saturated carbocycles. The van der Waals surface area contributed by atoms with Gasteiger partial charge < -0.3 is 14.4 Å². The van der Waals surface area contributed by atoms with Gasteiger partial charge in [-0.1, -0.05) is 31.4 Å². The molecule has 0 radical (unpaired) electrons. The maximum Gasteiger partial charge on any atom is 0.311 e. The number of carbonyl (C=O) groups excluding carboxylic acids is 1. The second kappa shape index (κ2) is 14.3. The van der Waals surface area contributed by atoms with Crippen LogP contribution in [0.4, 0.5) is 4.39 Å². The number of nitrogens with zero attached hydrogens (tertiary/aromatic N) is 2. The van der Waals surface area contributed by atoms with Gasteiger partial charge in [-0.15, -0.1) is 6.42 Å². The lowest BCUT2D eigenvalue weighted by Gasteiger charge is -2.42. The van der Waals surface area contributed by atoms with Crippen LogP contribution in [0, 0.1) is 18.2 Å². The van der Waals surface area contributed by atoms with Crippen LogP contribution in [0.15, 0.2) is 42.0 Å². The summed E-state index contributed by atoms with van der Waals surface area (Å²) >= 11 is 0. The van der Waals surface area contributed by atoms with E-state index in [1.807, 2.05) is 12.1 Å². The van der Waals surface area contributed by atoms with Gasteiger partial charge in [0.05, 0.1) is 12.1 Å². The van der Waals surface area contributed by atoms with Gasteiger partial charge in [-0.05, 0) is 131 Å². The minimum Gasteiger partial charge on any atom is -0.483 e. The lowest BCUT2D eigenvalue weighted by Crippen LogP contribution is -2.42. The zero-order valence-corrected chi connectivity index (χ0v) is 27.1. The summed E-state index contributed by atoms with van der Waals surface area (Å²) in [5.41, 5.74) is 5.12. The van der Waals surface area contributed by atoms with Gasteiger partial charge in [0.15, 0.2) is 0 Å². The lowest BCUT2D eigenvalue weighted by molar-refractivity contribution is -0.134. The van der Waals surface area contributed by atoms with Crippen molar-refractivity contribution in [1.82, 2.24) is 9.80 Å². The summed E-state index contributed by atoms with van der Waals surface area (Å²) < 4.78 is 26.3. The zero-order chi connectivity index (χ0) is 31.3. The molecule has 44 heavy (non-hydrogen) atoms. The van der Waals surface area contributed by atoms with E-state index in [1.54, 1.807) is 0 Å². The van der Waals surface area contributed by atoms with E-state index < -0.39 is 5.60 Å². The average molecular weight is 601 g/mol. The van der Waals surface area contributed by atoms with Gasteiger partial charge in [0.25, 0.3) is 0 Å². The molecule has 236 valence electrons. The standard InChI is InChI=1S/C38H49FN2O3/c1-6-20-40-23-19-33-32(26-40)37-34(43-36(42)14-10-22-41-21-8-7-12-28(41)3)24-30(25-35(37)44-38(33,4)5)27(2)11-9-13-29-15-17-31(39)18-16-29/h1,15-18,24-25,27-28H,7-14,19-23,26H2,2-5H3. The fourth-order valence-corrected chi connectivity index (χ4v) is 7.19. The van der Waals surface area contributed by atoms with Crippen LogP contribution in [0.2, 0.25) is 0 Å². The normalized spacial score (nSPS) is 20.7. The Bertz CT molecular complexity index is 1390. The van der Waals surface area contributed by atoms with E-state index in [-0.39, 0.29) is 17.7 Å². The molecule has 0 bridgehead atoms. The van der Waals surface area contributed by atoms with E-state index in [4.69, 9.17) is 15.9 Å². The quantitative estimate of drug-likeness (QED) is 0.150. The summed E-state index contributed by atoms with van der Waals surface area (Å²) in [6.07, 6.45) is 14.3. The van der Waals surface area contributed by atoms with Crippen molar-refractivity contribution in [2.24, 2.45) is 0 Å². The Morgan fingerprint density at radius 2 is 1.98 bits per heavy atom. The number of hydrogen-bond acceptors (Lipinski definition) is 5. The largest absolute Gasteiger partial charge is 0.483 e. The van der Waals surface area contributed by atoms with E-state index in [2.05, 4.69) is 55.5 Å². The van der Waals surface area contributed by atoms with E-state index in [0.29, 0.717) is 31.3 Å². The third-order valence-corrected chi connectivity index (χ3v) is 9.80. The summed E-state index contributed by atoms with van der Waals surface area (Å²) in [5, 5.41) is 0. The number of aryl methyl sites for hydroxylation is 1. The maximum atomic E-state index is 13.3. The fourth-order valence-electron chi connectivity index (χ4n) is 7.19. The number of likely N-dealkylation sites (tertiary alicyclic amines) is 1. The lowest BCUT2D eigenvalue weighted by atomic mass is 9.80. The molecule has 0 aromatic heterocycles. The molecule has 2 aromatic carbocycles. The Morgan fingerprint density at radius 1 is 1.18 bits per heavy atom. The number of hydrogen-bond donors (Lipinski definition) is 0. The number of fused-ring (bicyclic) bond motifs is 2. The van der Waals surface area contributed by atoms with Gasteiger partial charge in [0.2, 0.25) is 0 Å². The highest BCUT2D eigenvalue weighted by atomic mass is 19.1. The number of esters is 1. The van der Waals surface area contributed by atoms with E-state index in [0.717, 1.165) is 74.2 Å². The Kier molecular flexibility index (Phi) is 10.5. The summed E-state index contributed by atoms with van der Waals surface area (Å²) in [6.45, 7) is 13.0. The zero-order valence-electron chi connectivity index (χ0n) is 27.1. The number of halogens is 1. The molecule has 5 nitrogen and oxygen atoms in total. The van der Waals surface area contributed by atoms with Crippen LogP contribution < -0.4 is 9.47 Å². The first-order valence-corrected chi connectivity index (χ1v) is 16.6. The average Bonchev–Trinajstić information content (AvgIpc) is 2.98. The number of ether oxygens (including phenoxy) is 2. The monoisotopic (exact) mass is 600 g/mol. The van der Waals surface area contributed by atoms with Crippen molar-refractivity contribution in [3.05, 3.63) is 64.5 Å². The molecule has 3 aliphatic rings. The van der Waals surface area contributed by atoms with Crippen molar-refractivity contribution in [1.29, 1.82) is 0 Å². The van der Waals surface area contributed by atoms with Crippen molar-refractivity contribution in [2.75, 3.05) is 32.7 Å². The minimum atomic E-state index is -0.457. The molecule has 1 fully saturated rings. The second-order valence-electron chi connectivity index (χ2n) is 13.5. The molecule has 2 aromatic rings. The summed E-state index contributed by atoms with van der Waals surface area (Å²) in [5.74, 6) is 4.01. The predicted octanol–water partition coefficient (Wildman–Crippen LogP) is 7.78. The molecule has 0 aliphatic carbocycles. The first kappa shape index (κ1) is 32.3. The molecule has 0 spiro atoms. The number of benzene rings is 2. The van der Waals surface area contributed by atoms with Crippen LogP contribution in [0.3, 0.4) is 0 Å². The summed E-state index contributed by atoms with van der Waals surface area (Å²) in [7, 11) is 0. The Balaban J connectivity index is 1.37. The van der Waals surface area contributed by atoms with E-state index in [9.17, 15) is 9.18 Å². The third kappa shape index (κ3) is 7.73. The first-order chi connectivity index (χ1) is 21.1. The van der Waals surface area contributed by atoms with E-state index >= 15 is 0 Å². The van der Waals surface area contributed by atoms with Crippen LogP contribution in [-0.2, 0) is 11.2 Å².